The van der Waals surface area contributed by atoms with E-state index in [9.17, 15) is 23.3 Å². The van der Waals surface area contributed by atoms with Crippen LogP contribution < -0.4 is 9.62 Å². The standard InChI is InChI=1S/C23H22ClN3O5S2/c24-19-8-6-7-18(15-19)17-33-14-13-25-23(28)16-26(20-9-2-1-3-10-20)34(31,32)22-12-5-4-11-21(22)27(29)30/h1-12,15H,13-14,16-17H2,(H,25,28). The molecule has 0 heterocycles. The number of hydrogen-bond donors (Lipinski definition) is 1. The Bertz CT molecular complexity index is 1260. The van der Waals surface area contributed by atoms with Crippen molar-refractivity contribution < 1.29 is 18.1 Å². The van der Waals surface area contributed by atoms with Gasteiger partial charge in [-0.1, -0.05) is 54.1 Å². The van der Waals surface area contributed by atoms with Gasteiger partial charge in [0.25, 0.3) is 15.7 Å². The first-order valence-electron chi connectivity index (χ1n) is 10.2. The molecule has 0 saturated heterocycles. The van der Waals surface area contributed by atoms with E-state index in [-0.39, 0.29) is 5.69 Å². The van der Waals surface area contributed by atoms with Gasteiger partial charge in [-0.05, 0) is 35.9 Å². The molecule has 0 aromatic heterocycles. The lowest BCUT2D eigenvalue weighted by Gasteiger charge is -2.24. The second-order valence-corrected chi connectivity index (χ2v) is 10.5. The molecule has 34 heavy (non-hydrogen) atoms. The minimum Gasteiger partial charge on any atom is -0.354 e. The first-order valence-corrected chi connectivity index (χ1v) is 13.2. The highest BCUT2D eigenvalue weighted by atomic mass is 35.5. The van der Waals surface area contributed by atoms with Gasteiger partial charge in [-0.3, -0.25) is 19.2 Å². The minimum absolute atomic E-state index is 0.228. The highest BCUT2D eigenvalue weighted by Gasteiger charge is 2.32. The zero-order valence-electron chi connectivity index (χ0n) is 18.0. The molecule has 0 saturated carbocycles. The van der Waals surface area contributed by atoms with E-state index in [2.05, 4.69) is 5.32 Å². The van der Waals surface area contributed by atoms with E-state index < -0.39 is 38.0 Å². The number of nitrogens with zero attached hydrogens (tertiary/aromatic N) is 2. The van der Waals surface area contributed by atoms with E-state index in [1.165, 1.54) is 24.3 Å². The SMILES string of the molecule is O=C(CN(c1ccccc1)S(=O)(=O)c1ccccc1[N+](=O)[O-])NCCSCc1cccc(Cl)c1. The summed E-state index contributed by atoms with van der Waals surface area (Å²) in [6, 6.07) is 20.6. The van der Waals surface area contributed by atoms with Crippen molar-refractivity contribution in [3.05, 3.63) is 99.6 Å². The number of sulfonamides is 1. The Morgan fingerprint density at radius 1 is 1.03 bits per heavy atom. The van der Waals surface area contributed by atoms with Crippen LogP contribution in [0.3, 0.4) is 0 Å². The van der Waals surface area contributed by atoms with Gasteiger partial charge in [-0.15, -0.1) is 0 Å². The van der Waals surface area contributed by atoms with Crippen LogP contribution in [0.25, 0.3) is 0 Å². The van der Waals surface area contributed by atoms with E-state index in [4.69, 9.17) is 11.6 Å². The molecule has 1 amide bonds. The molecule has 8 nitrogen and oxygen atoms in total. The van der Waals surface area contributed by atoms with Crippen LogP contribution in [0.15, 0.2) is 83.8 Å². The van der Waals surface area contributed by atoms with Gasteiger partial charge in [0.15, 0.2) is 4.90 Å². The van der Waals surface area contributed by atoms with Crippen molar-refractivity contribution in [3.63, 3.8) is 0 Å². The van der Waals surface area contributed by atoms with Gasteiger partial charge in [0.05, 0.1) is 10.6 Å². The number of amides is 1. The minimum atomic E-state index is -4.39. The van der Waals surface area contributed by atoms with Crippen molar-refractivity contribution in [1.82, 2.24) is 5.32 Å². The second-order valence-electron chi connectivity index (χ2n) is 7.10. The number of thioether (sulfide) groups is 1. The van der Waals surface area contributed by atoms with E-state index in [1.54, 1.807) is 36.0 Å². The molecule has 3 rings (SSSR count). The smallest absolute Gasteiger partial charge is 0.289 e. The Kier molecular flexibility index (Phi) is 8.91. The van der Waals surface area contributed by atoms with Gasteiger partial charge in [0.1, 0.15) is 6.54 Å². The van der Waals surface area contributed by atoms with Crippen LogP contribution in [-0.4, -0.2) is 38.1 Å². The molecular formula is C23H22ClN3O5S2. The molecule has 0 unspecified atom stereocenters. The lowest BCUT2D eigenvalue weighted by atomic mass is 10.2. The monoisotopic (exact) mass is 519 g/mol. The number of anilines is 1. The molecule has 0 fully saturated rings. The Hall–Kier alpha value is -3.08. The third-order valence-corrected chi connectivity index (χ3v) is 7.77. The molecule has 1 N–H and O–H groups in total. The average molecular weight is 520 g/mol. The van der Waals surface area contributed by atoms with Gasteiger partial charge < -0.3 is 5.32 Å². The molecule has 0 aliphatic rings. The van der Waals surface area contributed by atoms with Crippen LogP contribution in [0, 0.1) is 10.1 Å². The van der Waals surface area contributed by atoms with Crippen molar-refractivity contribution in [3.8, 4) is 0 Å². The Morgan fingerprint density at radius 2 is 1.74 bits per heavy atom. The average Bonchev–Trinajstić information content (AvgIpc) is 2.83. The van der Waals surface area contributed by atoms with Crippen LogP contribution in [0.1, 0.15) is 5.56 Å². The maximum Gasteiger partial charge on any atom is 0.289 e. The number of halogens is 1. The zero-order valence-corrected chi connectivity index (χ0v) is 20.4. The predicted molar refractivity (Wildman–Crippen MR) is 135 cm³/mol. The molecule has 178 valence electrons. The van der Waals surface area contributed by atoms with Gasteiger partial charge in [-0.2, -0.15) is 11.8 Å². The molecule has 0 aliphatic heterocycles. The fourth-order valence-electron chi connectivity index (χ4n) is 3.12. The Labute approximate surface area is 207 Å². The summed E-state index contributed by atoms with van der Waals surface area (Å²) in [5, 5.41) is 14.8. The first-order chi connectivity index (χ1) is 16.3. The number of nitrogens with one attached hydrogen (secondary N) is 1. The van der Waals surface area contributed by atoms with Gasteiger partial charge >= 0.3 is 0 Å². The number of rotatable bonds is 11. The van der Waals surface area contributed by atoms with Gasteiger partial charge in [-0.25, -0.2) is 8.42 Å². The summed E-state index contributed by atoms with van der Waals surface area (Å²) in [6.07, 6.45) is 0. The number of nitro groups is 1. The van der Waals surface area contributed by atoms with E-state index >= 15 is 0 Å². The fourth-order valence-corrected chi connectivity index (χ4v) is 5.72. The Morgan fingerprint density at radius 3 is 2.44 bits per heavy atom. The largest absolute Gasteiger partial charge is 0.354 e. The summed E-state index contributed by atoms with van der Waals surface area (Å²) >= 11 is 7.58. The van der Waals surface area contributed by atoms with E-state index in [1.807, 2.05) is 18.2 Å². The van der Waals surface area contributed by atoms with Crippen molar-refractivity contribution in [2.45, 2.75) is 10.6 Å². The van der Waals surface area contributed by atoms with Crippen molar-refractivity contribution in [2.24, 2.45) is 0 Å². The molecule has 0 atom stereocenters. The van der Waals surface area contributed by atoms with Crippen LogP contribution >= 0.6 is 23.4 Å². The molecule has 0 radical (unpaired) electrons. The normalized spacial score (nSPS) is 11.1. The summed E-state index contributed by atoms with van der Waals surface area (Å²) in [5.41, 5.74) is 0.738. The molecule has 0 aliphatic carbocycles. The van der Waals surface area contributed by atoms with Crippen LogP contribution in [0.5, 0.6) is 0 Å². The lowest BCUT2D eigenvalue weighted by Crippen LogP contribution is -2.41. The number of para-hydroxylation sites is 2. The number of nitro benzene ring substituents is 1. The number of carbonyl (C=O) groups excluding carboxylic acids is 1. The highest BCUT2D eigenvalue weighted by molar-refractivity contribution is 7.98. The van der Waals surface area contributed by atoms with Gasteiger partial charge in [0, 0.05) is 29.1 Å². The van der Waals surface area contributed by atoms with Crippen molar-refractivity contribution >= 4 is 50.7 Å². The summed E-state index contributed by atoms with van der Waals surface area (Å²) in [5.74, 6) is 0.813. The fraction of sp³-hybridized carbons (Fsp3) is 0.174. The van der Waals surface area contributed by atoms with Crippen molar-refractivity contribution in [2.75, 3.05) is 23.1 Å². The quantitative estimate of drug-likeness (QED) is 0.227. The summed E-state index contributed by atoms with van der Waals surface area (Å²) in [6.45, 7) is -0.185. The maximum absolute atomic E-state index is 13.4. The number of hydrogen-bond acceptors (Lipinski definition) is 6. The highest BCUT2D eigenvalue weighted by Crippen LogP contribution is 2.29. The lowest BCUT2D eigenvalue weighted by molar-refractivity contribution is -0.387. The third kappa shape index (κ3) is 6.72. The van der Waals surface area contributed by atoms with Crippen LogP contribution in [-0.2, 0) is 20.6 Å². The molecular weight excluding hydrogens is 498 g/mol. The maximum atomic E-state index is 13.4. The Balaban J connectivity index is 1.69. The summed E-state index contributed by atoms with van der Waals surface area (Å²) in [4.78, 5) is 22.8. The number of benzene rings is 3. The molecule has 0 bridgehead atoms. The molecule has 3 aromatic rings. The van der Waals surface area contributed by atoms with E-state index in [0.29, 0.717) is 17.3 Å². The van der Waals surface area contributed by atoms with Crippen molar-refractivity contribution in [1.29, 1.82) is 0 Å². The first kappa shape index (κ1) is 25.5. The molecule has 0 spiro atoms. The second kappa shape index (κ2) is 11.9. The predicted octanol–water partition coefficient (Wildman–Crippen LogP) is 4.49. The molecule has 3 aromatic carbocycles. The van der Waals surface area contributed by atoms with Crippen LogP contribution in [0.4, 0.5) is 11.4 Å². The summed E-state index contributed by atoms with van der Waals surface area (Å²) in [7, 11) is -4.39. The topological polar surface area (TPSA) is 110 Å². The summed E-state index contributed by atoms with van der Waals surface area (Å²) < 4.78 is 27.6. The van der Waals surface area contributed by atoms with E-state index in [0.717, 1.165) is 27.8 Å². The number of carbonyl (C=O) groups is 1. The third-order valence-electron chi connectivity index (χ3n) is 4.69. The van der Waals surface area contributed by atoms with Crippen LogP contribution in [0.2, 0.25) is 5.02 Å². The van der Waals surface area contributed by atoms with Gasteiger partial charge in [0.2, 0.25) is 5.91 Å². The zero-order chi connectivity index (χ0) is 24.6. The molecule has 11 heteroatoms.